The van der Waals surface area contributed by atoms with Gasteiger partial charge in [-0.2, -0.15) is 0 Å². The summed E-state index contributed by atoms with van der Waals surface area (Å²) < 4.78 is 0. The van der Waals surface area contributed by atoms with Crippen LogP contribution in [0.2, 0.25) is 0 Å². The van der Waals surface area contributed by atoms with Crippen LogP contribution in [0.5, 0.6) is 0 Å². The fourth-order valence-corrected chi connectivity index (χ4v) is 1.06. The van der Waals surface area contributed by atoms with Crippen molar-refractivity contribution in [3.63, 3.8) is 0 Å². The Morgan fingerprint density at radius 2 is 2.00 bits per heavy atom. The fraction of sp³-hybridized carbons (Fsp3) is 0.778. The summed E-state index contributed by atoms with van der Waals surface area (Å²) in [6.07, 6.45) is 1.17. The van der Waals surface area contributed by atoms with Crippen LogP contribution in [0.25, 0.3) is 0 Å². The minimum atomic E-state index is 0.595. The zero-order valence-electron chi connectivity index (χ0n) is 7.57. The van der Waals surface area contributed by atoms with Gasteiger partial charge in [0.15, 0.2) is 0 Å². The monoisotopic (exact) mass is 141 g/mol. The van der Waals surface area contributed by atoms with Crippen LogP contribution in [0, 0.1) is 5.92 Å². The molecule has 0 aromatic rings. The second-order valence-corrected chi connectivity index (χ2v) is 3.18. The van der Waals surface area contributed by atoms with E-state index in [0.29, 0.717) is 12.0 Å². The molecule has 0 aliphatic carbocycles. The summed E-state index contributed by atoms with van der Waals surface area (Å²) in [5.41, 5.74) is 1.07. The molecule has 1 N–H and O–H groups in total. The molecule has 0 aliphatic rings. The average Bonchev–Trinajstić information content (AvgIpc) is 1.81. The molecule has 0 spiro atoms. The predicted octanol–water partition coefficient (Wildman–Crippen LogP) is 2.54. The molecule has 0 saturated heterocycles. The number of rotatable bonds is 4. The van der Waals surface area contributed by atoms with Gasteiger partial charge in [-0.05, 0) is 19.3 Å². The minimum Gasteiger partial charge on any atom is -0.386 e. The Labute approximate surface area is 64.5 Å². The largest absolute Gasteiger partial charge is 0.386 e. The van der Waals surface area contributed by atoms with Crippen molar-refractivity contribution in [1.29, 1.82) is 0 Å². The Morgan fingerprint density at radius 1 is 1.50 bits per heavy atom. The first kappa shape index (κ1) is 9.54. The van der Waals surface area contributed by atoms with E-state index in [4.69, 9.17) is 0 Å². The van der Waals surface area contributed by atoms with Crippen molar-refractivity contribution in [3.8, 4) is 0 Å². The van der Waals surface area contributed by atoms with Crippen LogP contribution in [0.15, 0.2) is 12.3 Å². The van der Waals surface area contributed by atoms with E-state index in [1.807, 2.05) is 6.92 Å². The first-order chi connectivity index (χ1) is 4.57. The molecule has 0 aromatic carbocycles. The van der Waals surface area contributed by atoms with Gasteiger partial charge >= 0.3 is 0 Å². The van der Waals surface area contributed by atoms with Gasteiger partial charge in [-0.15, -0.1) is 0 Å². The molecule has 1 heteroatoms. The zero-order chi connectivity index (χ0) is 8.15. The molecule has 0 aromatic heterocycles. The average molecular weight is 141 g/mol. The fourth-order valence-electron chi connectivity index (χ4n) is 1.06. The van der Waals surface area contributed by atoms with E-state index < -0.39 is 0 Å². The third kappa shape index (κ3) is 3.54. The molecule has 0 fully saturated rings. The molecule has 1 unspecified atom stereocenters. The van der Waals surface area contributed by atoms with Gasteiger partial charge in [0, 0.05) is 11.7 Å². The molecule has 1 nitrogen and oxygen atoms in total. The van der Waals surface area contributed by atoms with E-state index in [-0.39, 0.29) is 0 Å². The molecule has 60 valence electrons. The summed E-state index contributed by atoms with van der Waals surface area (Å²) in [4.78, 5) is 0. The van der Waals surface area contributed by atoms with Gasteiger partial charge in [-0.25, -0.2) is 0 Å². The van der Waals surface area contributed by atoms with Crippen molar-refractivity contribution >= 4 is 0 Å². The third-order valence-corrected chi connectivity index (χ3v) is 1.68. The maximum Gasteiger partial charge on any atom is 0.0278 e. The van der Waals surface area contributed by atoms with Crippen LogP contribution >= 0.6 is 0 Å². The van der Waals surface area contributed by atoms with E-state index in [9.17, 15) is 0 Å². The second kappa shape index (κ2) is 4.37. The highest BCUT2D eigenvalue weighted by atomic mass is 14.9. The van der Waals surface area contributed by atoms with Gasteiger partial charge in [0.2, 0.25) is 0 Å². The van der Waals surface area contributed by atoms with Crippen LogP contribution in [0.4, 0.5) is 0 Å². The Morgan fingerprint density at radius 3 is 2.10 bits per heavy atom. The molecule has 0 saturated carbocycles. The Balaban J connectivity index is 3.71. The summed E-state index contributed by atoms with van der Waals surface area (Å²) in [7, 11) is 0. The van der Waals surface area contributed by atoms with Gasteiger partial charge in [-0.3, -0.25) is 0 Å². The first-order valence-corrected chi connectivity index (χ1v) is 4.00. The minimum absolute atomic E-state index is 0.595. The molecule has 0 bridgehead atoms. The quantitative estimate of drug-likeness (QED) is 0.634. The Hall–Kier alpha value is -0.460. The van der Waals surface area contributed by atoms with Gasteiger partial charge in [-0.1, -0.05) is 27.4 Å². The number of hydrogen-bond acceptors (Lipinski definition) is 1. The third-order valence-electron chi connectivity index (χ3n) is 1.68. The van der Waals surface area contributed by atoms with Gasteiger partial charge in [0.25, 0.3) is 0 Å². The van der Waals surface area contributed by atoms with E-state index in [1.54, 1.807) is 0 Å². The lowest BCUT2D eigenvalue weighted by molar-refractivity contribution is 0.419. The standard InChI is InChI=1S/C9H19N/c1-6-9(7(2)3)10-8(4)5/h7,9-10H,4,6H2,1-3,5H3. The number of allylic oxidation sites excluding steroid dienone is 1. The first-order valence-electron chi connectivity index (χ1n) is 4.00. The highest BCUT2D eigenvalue weighted by Crippen LogP contribution is 2.06. The van der Waals surface area contributed by atoms with Crippen molar-refractivity contribution in [2.75, 3.05) is 0 Å². The lowest BCUT2D eigenvalue weighted by Gasteiger charge is -2.21. The number of nitrogens with one attached hydrogen (secondary N) is 1. The van der Waals surface area contributed by atoms with Crippen molar-refractivity contribution in [1.82, 2.24) is 5.32 Å². The highest BCUT2D eigenvalue weighted by Gasteiger charge is 2.08. The number of hydrogen-bond donors (Lipinski definition) is 1. The molecule has 0 amide bonds. The van der Waals surface area contributed by atoms with Gasteiger partial charge in [0.05, 0.1) is 0 Å². The predicted molar refractivity (Wildman–Crippen MR) is 46.9 cm³/mol. The lowest BCUT2D eigenvalue weighted by Crippen LogP contribution is -2.31. The lowest BCUT2D eigenvalue weighted by atomic mass is 10.0. The van der Waals surface area contributed by atoms with Crippen LogP contribution in [-0.4, -0.2) is 6.04 Å². The molecule has 0 rings (SSSR count). The molecule has 1 atom stereocenters. The Bertz CT molecular complexity index is 105. The maximum absolute atomic E-state index is 3.81. The van der Waals surface area contributed by atoms with E-state index in [2.05, 4.69) is 32.7 Å². The van der Waals surface area contributed by atoms with Crippen molar-refractivity contribution in [3.05, 3.63) is 12.3 Å². The van der Waals surface area contributed by atoms with Gasteiger partial charge < -0.3 is 5.32 Å². The van der Waals surface area contributed by atoms with Gasteiger partial charge in [0.1, 0.15) is 0 Å². The van der Waals surface area contributed by atoms with Crippen LogP contribution < -0.4 is 5.32 Å². The smallest absolute Gasteiger partial charge is 0.0278 e. The Kier molecular flexibility index (Phi) is 4.17. The zero-order valence-corrected chi connectivity index (χ0v) is 7.57. The summed E-state index contributed by atoms with van der Waals surface area (Å²) in [5.74, 6) is 0.696. The molecule has 0 aliphatic heterocycles. The molecule has 0 radical (unpaired) electrons. The van der Waals surface area contributed by atoms with Crippen molar-refractivity contribution in [2.24, 2.45) is 5.92 Å². The summed E-state index contributed by atoms with van der Waals surface area (Å²) in [6.45, 7) is 12.5. The highest BCUT2D eigenvalue weighted by molar-refractivity contribution is 4.88. The molecule has 10 heavy (non-hydrogen) atoms. The summed E-state index contributed by atoms with van der Waals surface area (Å²) in [5, 5.41) is 3.33. The molecular weight excluding hydrogens is 122 g/mol. The van der Waals surface area contributed by atoms with E-state index >= 15 is 0 Å². The normalized spacial score (nSPS) is 13.3. The topological polar surface area (TPSA) is 12.0 Å². The van der Waals surface area contributed by atoms with Crippen molar-refractivity contribution < 1.29 is 0 Å². The van der Waals surface area contributed by atoms with Crippen LogP contribution in [0.1, 0.15) is 34.1 Å². The van der Waals surface area contributed by atoms with Crippen LogP contribution in [0.3, 0.4) is 0 Å². The second-order valence-electron chi connectivity index (χ2n) is 3.18. The summed E-state index contributed by atoms with van der Waals surface area (Å²) in [6, 6.07) is 0.595. The van der Waals surface area contributed by atoms with E-state index in [1.165, 1.54) is 6.42 Å². The van der Waals surface area contributed by atoms with Crippen LogP contribution in [-0.2, 0) is 0 Å². The van der Waals surface area contributed by atoms with Crippen molar-refractivity contribution in [2.45, 2.75) is 40.2 Å². The molecular formula is C9H19N. The maximum atomic E-state index is 3.81. The summed E-state index contributed by atoms with van der Waals surface area (Å²) >= 11 is 0. The molecule has 0 heterocycles. The SMILES string of the molecule is C=C(C)NC(CC)C(C)C. The van der Waals surface area contributed by atoms with E-state index in [0.717, 1.165) is 5.70 Å².